The molecule has 0 aromatic heterocycles. The number of hydrogen-bond acceptors (Lipinski definition) is 4. The summed E-state index contributed by atoms with van der Waals surface area (Å²) in [5, 5.41) is 3.28. The van der Waals surface area contributed by atoms with Crippen molar-refractivity contribution >= 4 is 5.91 Å². The Morgan fingerprint density at radius 1 is 1.24 bits per heavy atom. The van der Waals surface area contributed by atoms with Crippen molar-refractivity contribution in [2.24, 2.45) is 0 Å². The third kappa shape index (κ3) is 5.63. The van der Waals surface area contributed by atoms with Crippen LogP contribution in [0.5, 0.6) is 11.5 Å². The highest BCUT2D eigenvalue weighted by molar-refractivity contribution is 5.75. The molecule has 1 aromatic carbocycles. The van der Waals surface area contributed by atoms with Gasteiger partial charge in [-0.1, -0.05) is 19.1 Å². The molecule has 0 aliphatic carbocycles. The van der Waals surface area contributed by atoms with Crippen LogP contribution in [0.4, 0.5) is 0 Å². The minimum Gasteiger partial charge on any atom is -0.490 e. The summed E-state index contributed by atoms with van der Waals surface area (Å²) in [5.74, 6) is 1.51. The second kappa shape index (κ2) is 9.23. The first-order valence-corrected chi connectivity index (χ1v) is 7.38. The van der Waals surface area contributed by atoms with Crippen LogP contribution in [0.3, 0.4) is 0 Å². The summed E-state index contributed by atoms with van der Waals surface area (Å²) in [6.07, 6.45) is 0.355. The highest BCUT2D eigenvalue weighted by atomic mass is 16.5. The smallest absolute Gasteiger partial charge is 0.225 e. The minimum absolute atomic E-state index is 0.0529. The normalized spacial score (nSPS) is 10.3. The van der Waals surface area contributed by atoms with E-state index in [0.29, 0.717) is 26.2 Å². The van der Waals surface area contributed by atoms with Crippen molar-refractivity contribution in [2.75, 3.05) is 33.9 Å². The van der Waals surface area contributed by atoms with Gasteiger partial charge in [0.25, 0.3) is 0 Å². The molecule has 1 amide bonds. The van der Waals surface area contributed by atoms with E-state index in [0.717, 1.165) is 23.6 Å². The average Bonchev–Trinajstić information content (AvgIpc) is 2.47. The zero-order valence-electron chi connectivity index (χ0n) is 13.4. The fourth-order valence-electron chi connectivity index (χ4n) is 1.86. The molecule has 0 saturated carbocycles. The number of ether oxygens (including phenoxy) is 2. The van der Waals surface area contributed by atoms with Gasteiger partial charge in [0.15, 0.2) is 11.5 Å². The predicted octanol–water partition coefficient (Wildman–Crippen LogP) is 2.05. The van der Waals surface area contributed by atoms with Gasteiger partial charge in [-0.05, 0) is 19.5 Å². The van der Waals surface area contributed by atoms with E-state index in [1.54, 1.807) is 19.0 Å². The number of carbonyl (C=O) groups is 1. The Labute approximate surface area is 127 Å². The molecule has 0 radical (unpaired) electrons. The fraction of sp³-hybridized carbons (Fsp3) is 0.562. The summed E-state index contributed by atoms with van der Waals surface area (Å²) in [4.78, 5) is 13.2. The van der Waals surface area contributed by atoms with Crippen LogP contribution in [0.25, 0.3) is 0 Å². The van der Waals surface area contributed by atoms with E-state index in [1.165, 1.54) is 0 Å². The number of nitrogens with one attached hydrogen (secondary N) is 1. The topological polar surface area (TPSA) is 50.8 Å². The third-order valence-electron chi connectivity index (χ3n) is 2.99. The first-order chi connectivity index (χ1) is 10.1. The molecule has 5 nitrogen and oxygen atoms in total. The highest BCUT2D eigenvalue weighted by Gasteiger charge is 2.12. The molecule has 1 rings (SSSR count). The zero-order chi connectivity index (χ0) is 15.7. The third-order valence-corrected chi connectivity index (χ3v) is 2.99. The van der Waals surface area contributed by atoms with Crippen LogP contribution in [-0.4, -0.2) is 44.7 Å². The molecular formula is C16H26N2O3. The Morgan fingerprint density at radius 3 is 2.62 bits per heavy atom. The Bertz CT molecular complexity index is 447. The van der Waals surface area contributed by atoms with Crippen LogP contribution >= 0.6 is 0 Å². The van der Waals surface area contributed by atoms with Crippen molar-refractivity contribution in [3.05, 3.63) is 23.8 Å². The van der Waals surface area contributed by atoms with Crippen LogP contribution in [0.1, 0.15) is 25.8 Å². The van der Waals surface area contributed by atoms with Gasteiger partial charge < -0.3 is 19.7 Å². The summed E-state index contributed by atoms with van der Waals surface area (Å²) in [5.41, 5.74) is 1.04. The molecule has 1 aromatic rings. The molecule has 5 heteroatoms. The second-order valence-electron chi connectivity index (χ2n) is 4.84. The van der Waals surface area contributed by atoms with E-state index in [4.69, 9.17) is 9.47 Å². The molecule has 0 heterocycles. The van der Waals surface area contributed by atoms with Crippen molar-refractivity contribution in [1.29, 1.82) is 0 Å². The summed E-state index contributed by atoms with van der Waals surface area (Å²) >= 11 is 0. The summed E-state index contributed by atoms with van der Waals surface area (Å²) in [6.45, 7) is 6.53. The monoisotopic (exact) mass is 294 g/mol. The van der Waals surface area contributed by atoms with Gasteiger partial charge in [0.05, 0.1) is 19.6 Å². The van der Waals surface area contributed by atoms with E-state index in [9.17, 15) is 4.79 Å². The maximum absolute atomic E-state index is 11.6. The number of para-hydroxylation sites is 1. The van der Waals surface area contributed by atoms with Crippen LogP contribution < -0.4 is 14.8 Å². The lowest BCUT2D eigenvalue weighted by Gasteiger charge is -2.17. The summed E-state index contributed by atoms with van der Waals surface area (Å²) in [7, 11) is 3.49. The van der Waals surface area contributed by atoms with Crippen LogP contribution in [0, 0.1) is 0 Å². The van der Waals surface area contributed by atoms with Crippen LogP contribution in [0.2, 0.25) is 0 Å². The molecule has 0 unspecified atom stereocenters. The van der Waals surface area contributed by atoms with Crippen molar-refractivity contribution < 1.29 is 14.3 Å². The van der Waals surface area contributed by atoms with E-state index in [2.05, 4.69) is 12.2 Å². The quantitative estimate of drug-likeness (QED) is 0.757. The Balaban J connectivity index is 2.77. The molecule has 1 N–H and O–H groups in total. The minimum atomic E-state index is 0.0529. The first-order valence-electron chi connectivity index (χ1n) is 7.38. The summed E-state index contributed by atoms with van der Waals surface area (Å²) < 4.78 is 11.4. The van der Waals surface area contributed by atoms with Crippen LogP contribution in [0.15, 0.2) is 18.2 Å². The Morgan fingerprint density at radius 2 is 2.00 bits per heavy atom. The van der Waals surface area contributed by atoms with E-state index < -0.39 is 0 Å². The molecule has 0 saturated heterocycles. The number of nitrogens with zero attached hydrogens (tertiary/aromatic N) is 1. The van der Waals surface area contributed by atoms with E-state index >= 15 is 0 Å². The number of hydrogen-bond donors (Lipinski definition) is 1. The second-order valence-corrected chi connectivity index (χ2v) is 4.84. The lowest BCUT2D eigenvalue weighted by molar-refractivity contribution is -0.129. The fourth-order valence-corrected chi connectivity index (χ4v) is 1.86. The lowest BCUT2D eigenvalue weighted by Crippen LogP contribution is -2.23. The molecule has 0 fully saturated rings. The van der Waals surface area contributed by atoms with E-state index in [-0.39, 0.29) is 5.91 Å². The summed E-state index contributed by atoms with van der Waals surface area (Å²) in [6, 6.07) is 5.85. The average molecular weight is 294 g/mol. The van der Waals surface area contributed by atoms with Gasteiger partial charge in [-0.3, -0.25) is 4.79 Å². The SMILES string of the molecule is CCNCc1cccc(OCC)c1OCCC(=O)N(C)C. The van der Waals surface area contributed by atoms with Crippen molar-refractivity contribution in [2.45, 2.75) is 26.8 Å². The molecule has 0 aliphatic heterocycles. The number of carbonyl (C=O) groups excluding carboxylic acids is 1. The van der Waals surface area contributed by atoms with Gasteiger partial charge in [0.2, 0.25) is 5.91 Å². The molecule has 118 valence electrons. The van der Waals surface area contributed by atoms with Crippen molar-refractivity contribution in [1.82, 2.24) is 10.2 Å². The highest BCUT2D eigenvalue weighted by Crippen LogP contribution is 2.31. The number of rotatable bonds is 9. The van der Waals surface area contributed by atoms with Gasteiger partial charge in [0, 0.05) is 26.2 Å². The van der Waals surface area contributed by atoms with Crippen LogP contribution in [-0.2, 0) is 11.3 Å². The van der Waals surface area contributed by atoms with E-state index in [1.807, 2.05) is 25.1 Å². The largest absolute Gasteiger partial charge is 0.490 e. The van der Waals surface area contributed by atoms with Gasteiger partial charge in [-0.25, -0.2) is 0 Å². The van der Waals surface area contributed by atoms with Gasteiger partial charge in [-0.15, -0.1) is 0 Å². The van der Waals surface area contributed by atoms with Crippen molar-refractivity contribution in [3.8, 4) is 11.5 Å². The first kappa shape index (κ1) is 17.3. The molecule has 0 atom stereocenters. The molecular weight excluding hydrogens is 268 g/mol. The van der Waals surface area contributed by atoms with Gasteiger partial charge in [-0.2, -0.15) is 0 Å². The number of benzene rings is 1. The molecule has 0 spiro atoms. The maximum atomic E-state index is 11.6. The van der Waals surface area contributed by atoms with Gasteiger partial charge in [0.1, 0.15) is 0 Å². The zero-order valence-corrected chi connectivity index (χ0v) is 13.4. The standard InChI is InChI=1S/C16H26N2O3/c1-5-17-12-13-8-7-9-14(20-6-2)16(13)21-11-10-15(19)18(3)4/h7-9,17H,5-6,10-12H2,1-4H3. The lowest BCUT2D eigenvalue weighted by atomic mass is 10.2. The molecule has 0 bridgehead atoms. The molecule has 0 aliphatic rings. The predicted molar refractivity (Wildman–Crippen MR) is 83.8 cm³/mol. The number of amides is 1. The molecule has 21 heavy (non-hydrogen) atoms. The Kier molecular flexibility index (Phi) is 7.61. The Hall–Kier alpha value is -1.75. The van der Waals surface area contributed by atoms with Gasteiger partial charge >= 0.3 is 0 Å². The maximum Gasteiger partial charge on any atom is 0.225 e. The van der Waals surface area contributed by atoms with Crippen molar-refractivity contribution in [3.63, 3.8) is 0 Å².